The molecular formula is C15H17ClN2. The first-order valence-electron chi connectivity index (χ1n) is 5.97. The number of nitrogens with zero attached hydrogens (tertiary/aromatic N) is 2. The van der Waals surface area contributed by atoms with Crippen molar-refractivity contribution in [3.63, 3.8) is 0 Å². The van der Waals surface area contributed by atoms with Gasteiger partial charge in [0.2, 0.25) is 0 Å². The lowest BCUT2D eigenvalue weighted by Crippen LogP contribution is -2.24. The highest BCUT2D eigenvalue weighted by molar-refractivity contribution is 6.20. The molecule has 1 aromatic carbocycles. The molecule has 1 unspecified atom stereocenters. The first-order valence-corrected chi connectivity index (χ1v) is 6.41. The summed E-state index contributed by atoms with van der Waals surface area (Å²) in [5.41, 5.74) is 3.41. The van der Waals surface area contributed by atoms with Gasteiger partial charge in [-0.2, -0.15) is 0 Å². The zero-order chi connectivity index (χ0) is 13.0. The van der Waals surface area contributed by atoms with E-state index in [1.165, 1.54) is 5.56 Å². The molecule has 2 aromatic rings. The Kier molecular flexibility index (Phi) is 4.34. The van der Waals surface area contributed by atoms with Crippen molar-refractivity contribution in [2.75, 3.05) is 14.1 Å². The summed E-state index contributed by atoms with van der Waals surface area (Å²) < 4.78 is 0. The summed E-state index contributed by atoms with van der Waals surface area (Å²) in [5, 5.41) is 0. The minimum absolute atomic E-state index is 0.0331. The van der Waals surface area contributed by atoms with E-state index in [0.29, 0.717) is 0 Å². The number of benzene rings is 1. The first kappa shape index (κ1) is 13.1. The summed E-state index contributed by atoms with van der Waals surface area (Å²) in [6.07, 6.45) is 2.65. The van der Waals surface area contributed by atoms with Gasteiger partial charge in [-0.3, -0.25) is 9.88 Å². The van der Waals surface area contributed by atoms with Crippen LogP contribution in [0.15, 0.2) is 48.7 Å². The van der Waals surface area contributed by atoms with Gasteiger partial charge < -0.3 is 0 Å². The fraction of sp³-hybridized carbons (Fsp3) is 0.267. The summed E-state index contributed by atoms with van der Waals surface area (Å²) >= 11 is 6.22. The van der Waals surface area contributed by atoms with Crippen LogP contribution >= 0.6 is 11.6 Å². The molecule has 0 spiro atoms. The number of likely N-dealkylation sites (N-methyl/N-ethyl adjacent to an activating group) is 1. The average molecular weight is 261 g/mol. The van der Waals surface area contributed by atoms with Crippen molar-refractivity contribution in [1.29, 1.82) is 0 Å². The number of hydrogen-bond donors (Lipinski definition) is 0. The van der Waals surface area contributed by atoms with Gasteiger partial charge in [-0.1, -0.05) is 30.3 Å². The smallest absolute Gasteiger partial charge is 0.0886 e. The van der Waals surface area contributed by atoms with Crippen molar-refractivity contribution in [2.45, 2.75) is 11.9 Å². The molecule has 0 radical (unpaired) electrons. The zero-order valence-corrected chi connectivity index (χ0v) is 11.4. The van der Waals surface area contributed by atoms with Crippen molar-refractivity contribution in [2.24, 2.45) is 0 Å². The molecule has 0 saturated carbocycles. The van der Waals surface area contributed by atoms with Crippen LogP contribution in [0.2, 0.25) is 0 Å². The third-order valence-electron chi connectivity index (χ3n) is 2.88. The van der Waals surface area contributed by atoms with E-state index in [1.54, 1.807) is 0 Å². The van der Waals surface area contributed by atoms with Crippen LogP contribution in [0.25, 0.3) is 11.3 Å². The molecule has 0 N–H and O–H groups in total. The van der Waals surface area contributed by atoms with E-state index < -0.39 is 0 Å². The summed E-state index contributed by atoms with van der Waals surface area (Å²) in [4.78, 5) is 6.34. The zero-order valence-electron chi connectivity index (χ0n) is 10.7. The molecule has 0 aliphatic heterocycles. The van der Waals surface area contributed by atoms with E-state index >= 15 is 0 Å². The predicted molar refractivity (Wildman–Crippen MR) is 76.7 cm³/mol. The highest BCUT2D eigenvalue weighted by Crippen LogP contribution is 2.18. The van der Waals surface area contributed by atoms with E-state index in [2.05, 4.69) is 29.2 Å². The van der Waals surface area contributed by atoms with Gasteiger partial charge in [-0.05, 0) is 31.8 Å². The molecule has 2 rings (SSSR count). The average Bonchev–Trinajstić information content (AvgIpc) is 2.40. The molecule has 1 atom stereocenters. The van der Waals surface area contributed by atoms with E-state index in [9.17, 15) is 0 Å². The van der Waals surface area contributed by atoms with Crippen LogP contribution in [0, 0.1) is 0 Å². The van der Waals surface area contributed by atoms with Gasteiger partial charge in [-0.15, -0.1) is 11.6 Å². The third-order valence-corrected chi connectivity index (χ3v) is 3.42. The maximum atomic E-state index is 6.22. The number of pyridine rings is 1. The van der Waals surface area contributed by atoms with Crippen molar-refractivity contribution in [3.8, 4) is 11.3 Å². The number of alkyl halides is 1. The highest BCUT2D eigenvalue weighted by Gasteiger charge is 2.08. The summed E-state index contributed by atoms with van der Waals surface area (Å²) in [6.45, 7) is 0. The fourth-order valence-corrected chi connectivity index (χ4v) is 1.90. The Balaban J connectivity index is 2.11. The molecule has 1 heterocycles. The van der Waals surface area contributed by atoms with Gasteiger partial charge in [0.15, 0.2) is 0 Å². The second-order valence-corrected chi connectivity index (χ2v) is 5.02. The number of aromatic nitrogens is 1. The fourth-order valence-electron chi connectivity index (χ4n) is 1.72. The molecule has 0 saturated heterocycles. The Morgan fingerprint density at radius 3 is 2.39 bits per heavy atom. The van der Waals surface area contributed by atoms with Crippen LogP contribution in [-0.2, 0) is 6.42 Å². The maximum Gasteiger partial charge on any atom is 0.0886 e. The van der Waals surface area contributed by atoms with Crippen LogP contribution in [0.1, 0.15) is 5.56 Å². The Bertz CT molecular complexity index is 480. The lowest BCUT2D eigenvalue weighted by Gasteiger charge is -2.17. The lowest BCUT2D eigenvalue weighted by molar-refractivity contribution is 0.374. The van der Waals surface area contributed by atoms with Crippen LogP contribution in [0.3, 0.4) is 0 Å². The van der Waals surface area contributed by atoms with Crippen LogP contribution in [0.5, 0.6) is 0 Å². The number of rotatable bonds is 4. The Morgan fingerprint density at radius 1 is 1.11 bits per heavy atom. The van der Waals surface area contributed by atoms with Crippen molar-refractivity contribution in [3.05, 3.63) is 54.2 Å². The van der Waals surface area contributed by atoms with Crippen LogP contribution in [-0.4, -0.2) is 29.5 Å². The van der Waals surface area contributed by atoms with Gasteiger partial charge >= 0.3 is 0 Å². The van der Waals surface area contributed by atoms with Crippen molar-refractivity contribution in [1.82, 2.24) is 9.88 Å². The summed E-state index contributed by atoms with van der Waals surface area (Å²) in [7, 11) is 3.97. The third kappa shape index (κ3) is 3.31. The number of halogens is 1. The quantitative estimate of drug-likeness (QED) is 0.619. The van der Waals surface area contributed by atoms with Gasteiger partial charge in [0.25, 0.3) is 0 Å². The van der Waals surface area contributed by atoms with Gasteiger partial charge in [0, 0.05) is 18.2 Å². The van der Waals surface area contributed by atoms with Crippen molar-refractivity contribution < 1.29 is 0 Å². The molecule has 0 amide bonds. The topological polar surface area (TPSA) is 16.1 Å². The van der Waals surface area contributed by atoms with E-state index in [4.69, 9.17) is 11.6 Å². The lowest BCUT2D eigenvalue weighted by atomic mass is 10.1. The predicted octanol–water partition coefficient (Wildman–Crippen LogP) is 3.42. The SMILES string of the molecule is CN(C)C(Cl)Cc1ccc(-c2ccccn2)cc1. The molecule has 0 bridgehead atoms. The molecule has 18 heavy (non-hydrogen) atoms. The Labute approximate surface area is 113 Å². The molecule has 0 aliphatic rings. The van der Waals surface area contributed by atoms with Gasteiger partial charge in [0.05, 0.1) is 11.2 Å². The summed E-state index contributed by atoms with van der Waals surface area (Å²) in [5.74, 6) is 0. The minimum Gasteiger partial charge on any atom is -0.293 e. The molecule has 94 valence electrons. The van der Waals surface area contributed by atoms with Crippen LogP contribution < -0.4 is 0 Å². The number of hydrogen-bond acceptors (Lipinski definition) is 2. The van der Waals surface area contributed by atoms with Crippen LogP contribution in [0.4, 0.5) is 0 Å². The van der Waals surface area contributed by atoms with E-state index in [1.807, 2.05) is 43.4 Å². The maximum absolute atomic E-state index is 6.22. The van der Waals surface area contributed by atoms with Crippen molar-refractivity contribution >= 4 is 11.6 Å². The minimum atomic E-state index is 0.0331. The second kappa shape index (κ2) is 5.98. The Hall–Kier alpha value is -1.38. The molecule has 1 aromatic heterocycles. The second-order valence-electron chi connectivity index (χ2n) is 4.51. The summed E-state index contributed by atoms with van der Waals surface area (Å²) in [6, 6.07) is 14.4. The largest absolute Gasteiger partial charge is 0.293 e. The molecule has 0 aliphatic carbocycles. The molecular weight excluding hydrogens is 244 g/mol. The van der Waals surface area contributed by atoms with E-state index in [-0.39, 0.29) is 5.50 Å². The normalized spacial score (nSPS) is 12.7. The van der Waals surface area contributed by atoms with E-state index in [0.717, 1.165) is 17.7 Å². The molecule has 2 nitrogen and oxygen atoms in total. The van der Waals surface area contributed by atoms with Gasteiger partial charge in [-0.25, -0.2) is 0 Å². The molecule has 3 heteroatoms. The monoisotopic (exact) mass is 260 g/mol. The standard InChI is InChI=1S/C15H17ClN2/c1-18(2)15(16)11-12-6-8-13(9-7-12)14-5-3-4-10-17-14/h3-10,15H,11H2,1-2H3. The Morgan fingerprint density at radius 2 is 1.83 bits per heavy atom. The highest BCUT2D eigenvalue weighted by atomic mass is 35.5. The molecule has 0 fully saturated rings. The van der Waals surface area contributed by atoms with Gasteiger partial charge in [0.1, 0.15) is 0 Å². The first-order chi connectivity index (χ1) is 8.66.